The highest BCUT2D eigenvalue weighted by Crippen LogP contribution is 2.32. The summed E-state index contributed by atoms with van der Waals surface area (Å²) in [7, 11) is 0. The third kappa shape index (κ3) is 2.46. The second-order valence-electron chi connectivity index (χ2n) is 6.44. The van der Waals surface area contributed by atoms with Crippen molar-refractivity contribution in [3.63, 3.8) is 0 Å². The number of hydrogen-bond donors (Lipinski definition) is 1. The second-order valence-corrected chi connectivity index (χ2v) is 6.44. The predicted octanol–water partition coefficient (Wildman–Crippen LogP) is 3.05. The van der Waals surface area contributed by atoms with E-state index in [4.69, 9.17) is 4.52 Å². The Morgan fingerprint density at radius 3 is 3.12 bits per heavy atom. The molecule has 1 aliphatic rings. The largest absolute Gasteiger partial charge is 0.346 e. The van der Waals surface area contributed by atoms with Crippen LogP contribution in [0.4, 0.5) is 0 Å². The van der Waals surface area contributed by atoms with Gasteiger partial charge in [0.25, 0.3) is 5.91 Å². The first kappa shape index (κ1) is 14.9. The van der Waals surface area contributed by atoms with E-state index < -0.39 is 0 Å². The van der Waals surface area contributed by atoms with Crippen LogP contribution in [-0.4, -0.2) is 37.5 Å². The normalized spacial score (nSPS) is 18.0. The molecule has 24 heavy (non-hydrogen) atoms. The first-order valence-electron chi connectivity index (χ1n) is 8.21. The average molecular weight is 325 g/mol. The highest BCUT2D eigenvalue weighted by Gasteiger charge is 2.34. The van der Waals surface area contributed by atoms with Crippen LogP contribution in [0, 0.1) is 0 Å². The molecule has 1 fully saturated rings. The fourth-order valence-corrected chi connectivity index (χ4v) is 3.12. The molecule has 0 spiro atoms. The number of likely N-dealkylation sites (tertiary alicyclic amines) is 1. The number of hydrogen-bond acceptors (Lipinski definition) is 5. The number of pyridine rings is 1. The van der Waals surface area contributed by atoms with Gasteiger partial charge in [0, 0.05) is 30.2 Å². The van der Waals surface area contributed by atoms with Crippen molar-refractivity contribution in [1.82, 2.24) is 25.0 Å². The summed E-state index contributed by atoms with van der Waals surface area (Å²) in [5.74, 6) is 1.35. The van der Waals surface area contributed by atoms with E-state index in [0.29, 0.717) is 23.8 Å². The van der Waals surface area contributed by atoms with Gasteiger partial charge in [-0.3, -0.25) is 4.79 Å². The number of carbonyl (C=O) groups excluding carboxylic acids is 1. The van der Waals surface area contributed by atoms with E-state index >= 15 is 0 Å². The minimum absolute atomic E-state index is 0.0380. The van der Waals surface area contributed by atoms with E-state index in [-0.39, 0.29) is 17.9 Å². The molecule has 0 saturated carbocycles. The molecule has 3 aromatic heterocycles. The minimum Gasteiger partial charge on any atom is -0.346 e. The summed E-state index contributed by atoms with van der Waals surface area (Å²) in [4.78, 5) is 26.6. The van der Waals surface area contributed by atoms with Gasteiger partial charge in [0.05, 0.1) is 11.6 Å². The molecular weight excluding hydrogens is 306 g/mol. The molecule has 1 aliphatic heterocycles. The number of carbonyl (C=O) groups is 1. The second kappa shape index (κ2) is 5.74. The molecule has 1 N–H and O–H groups in total. The number of nitrogens with one attached hydrogen (secondary N) is 1. The third-order valence-electron chi connectivity index (χ3n) is 4.41. The predicted molar refractivity (Wildman–Crippen MR) is 87.5 cm³/mol. The van der Waals surface area contributed by atoms with Gasteiger partial charge >= 0.3 is 0 Å². The number of amides is 1. The SMILES string of the molecule is CC(C)c1nc([C@@H]2CCCN2C(=O)c2cnc3[nH]ccc3c2)no1. The van der Waals surface area contributed by atoms with Crippen LogP contribution >= 0.6 is 0 Å². The standard InChI is InChI=1S/C17H19N5O2/c1-10(2)16-20-15(21-24-16)13-4-3-7-22(13)17(23)12-8-11-5-6-18-14(11)19-9-12/h5-6,8-10,13H,3-4,7H2,1-2H3,(H,18,19)/t13-/m0/s1. The maximum absolute atomic E-state index is 12.9. The first-order chi connectivity index (χ1) is 11.6. The lowest BCUT2D eigenvalue weighted by molar-refractivity contribution is 0.0728. The quantitative estimate of drug-likeness (QED) is 0.799. The summed E-state index contributed by atoms with van der Waals surface area (Å²) < 4.78 is 5.30. The molecule has 0 aromatic carbocycles. The number of rotatable bonds is 3. The van der Waals surface area contributed by atoms with E-state index in [1.54, 1.807) is 6.20 Å². The Balaban J connectivity index is 1.62. The molecule has 0 unspecified atom stereocenters. The Kier molecular flexibility index (Phi) is 3.55. The van der Waals surface area contributed by atoms with Crippen molar-refractivity contribution in [2.45, 2.75) is 38.6 Å². The molecule has 3 aromatic rings. The average Bonchev–Trinajstić information content (AvgIpc) is 3.31. The third-order valence-corrected chi connectivity index (χ3v) is 4.41. The van der Waals surface area contributed by atoms with Crippen LogP contribution in [0.25, 0.3) is 11.0 Å². The number of nitrogens with zero attached hydrogens (tertiary/aromatic N) is 4. The highest BCUT2D eigenvalue weighted by molar-refractivity contribution is 5.97. The molecule has 0 aliphatic carbocycles. The van der Waals surface area contributed by atoms with Crippen LogP contribution in [0.1, 0.15) is 60.7 Å². The van der Waals surface area contributed by atoms with Crippen molar-refractivity contribution < 1.29 is 9.32 Å². The summed E-state index contributed by atoms with van der Waals surface area (Å²) >= 11 is 0. The van der Waals surface area contributed by atoms with E-state index in [9.17, 15) is 4.79 Å². The van der Waals surface area contributed by atoms with Crippen molar-refractivity contribution in [3.8, 4) is 0 Å². The summed E-state index contributed by atoms with van der Waals surface area (Å²) in [6.45, 7) is 4.71. The summed E-state index contributed by atoms with van der Waals surface area (Å²) in [6.07, 6.45) is 5.22. The van der Waals surface area contributed by atoms with Gasteiger partial charge in [0.1, 0.15) is 5.65 Å². The number of aromatic nitrogens is 4. The van der Waals surface area contributed by atoms with Gasteiger partial charge in [-0.05, 0) is 25.0 Å². The van der Waals surface area contributed by atoms with Crippen LogP contribution < -0.4 is 0 Å². The molecule has 1 atom stereocenters. The van der Waals surface area contributed by atoms with Crippen LogP contribution in [0.5, 0.6) is 0 Å². The first-order valence-corrected chi connectivity index (χ1v) is 8.21. The maximum atomic E-state index is 12.9. The Bertz CT molecular complexity index is 882. The van der Waals surface area contributed by atoms with Gasteiger partial charge in [0.2, 0.25) is 5.89 Å². The molecule has 1 amide bonds. The van der Waals surface area contributed by atoms with Crippen molar-refractivity contribution in [2.24, 2.45) is 0 Å². The van der Waals surface area contributed by atoms with E-state index in [2.05, 4.69) is 20.1 Å². The van der Waals surface area contributed by atoms with Crippen LogP contribution in [-0.2, 0) is 0 Å². The zero-order chi connectivity index (χ0) is 16.7. The summed E-state index contributed by atoms with van der Waals surface area (Å²) in [5, 5.41) is 5.02. The molecule has 0 radical (unpaired) electrons. The molecule has 124 valence electrons. The van der Waals surface area contributed by atoms with Gasteiger partial charge in [-0.15, -0.1) is 0 Å². The smallest absolute Gasteiger partial charge is 0.256 e. The lowest BCUT2D eigenvalue weighted by atomic mass is 10.1. The monoisotopic (exact) mass is 325 g/mol. The van der Waals surface area contributed by atoms with Gasteiger partial charge in [-0.25, -0.2) is 4.98 Å². The lowest BCUT2D eigenvalue weighted by Gasteiger charge is -2.22. The number of fused-ring (bicyclic) bond motifs is 1. The molecule has 0 bridgehead atoms. The Hall–Kier alpha value is -2.70. The van der Waals surface area contributed by atoms with E-state index in [0.717, 1.165) is 23.9 Å². The van der Waals surface area contributed by atoms with Gasteiger partial charge in [-0.1, -0.05) is 19.0 Å². The minimum atomic E-state index is -0.129. The summed E-state index contributed by atoms with van der Waals surface area (Å²) in [6, 6.07) is 3.65. The fourth-order valence-electron chi connectivity index (χ4n) is 3.12. The maximum Gasteiger partial charge on any atom is 0.256 e. The van der Waals surface area contributed by atoms with E-state index in [1.807, 2.05) is 37.1 Å². The van der Waals surface area contributed by atoms with Crippen LogP contribution in [0.3, 0.4) is 0 Å². The van der Waals surface area contributed by atoms with Crippen molar-refractivity contribution in [3.05, 3.63) is 41.8 Å². The van der Waals surface area contributed by atoms with E-state index in [1.165, 1.54) is 0 Å². The molecule has 1 saturated heterocycles. The van der Waals surface area contributed by atoms with Gasteiger partial charge < -0.3 is 14.4 Å². The van der Waals surface area contributed by atoms with Crippen LogP contribution in [0.15, 0.2) is 29.0 Å². The molecule has 4 heterocycles. The highest BCUT2D eigenvalue weighted by atomic mass is 16.5. The van der Waals surface area contributed by atoms with Crippen molar-refractivity contribution >= 4 is 16.9 Å². The van der Waals surface area contributed by atoms with Crippen molar-refractivity contribution in [1.29, 1.82) is 0 Å². The summed E-state index contributed by atoms with van der Waals surface area (Å²) in [5.41, 5.74) is 1.37. The zero-order valence-corrected chi connectivity index (χ0v) is 13.7. The fraction of sp³-hybridized carbons (Fsp3) is 0.412. The van der Waals surface area contributed by atoms with Gasteiger partial charge in [0.15, 0.2) is 5.82 Å². The number of aromatic amines is 1. The zero-order valence-electron chi connectivity index (χ0n) is 13.7. The van der Waals surface area contributed by atoms with Crippen LogP contribution in [0.2, 0.25) is 0 Å². The molecule has 7 nitrogen and oxygen atoms in total. The van der Waals surface area contributed by atoms with Gasteiger partial charge in [-0.2, -0.15) is 4.98 Å². The Morgan fingerprint density at radius 2 is 2.33 bits per heavy atom. The molecular formula is C17H19N5O2. The molecule has 7 heteroatoms. The lowest BCUT2D eigenvalue weighted by Crippen LogP contribution is -2.31. The Labute approximate surface area is 139 Å². The number of H-pyrrole nitrogens is 1. The van der Waals surface area contributed by atoms with Crippen molar-refractivity contribution in [2.75, 3.05) is 6.54 Å². The Morgan fingerprint density at radius 1 is 1.46 bits per heavy atom. The topological polar surface area (TPSA) is 87.9 Å². The molecule has 4 rings (SSSR count).